The van der Waals surface area contributed by atoms with Crippen molar-refractivity contribution in [2.75, 3.05) is 26.4 Å². The van der Waals surface area contributed by atoms with Gasteiger partial charge in [-0.05, 0) is 38.5 Å². The first kappa shape index (κ1) is 61.4. The van der Waals surface area contributed by atoms with Crippen LogP contribution in [0.25, 0.3) is 0 Å². The molecule has 0 aromatic carbocycles. The van der Waals surface area contributed by atoms with E-state index in [4.69, 9.17) is 28.4 Å². The molecule has 0 aromatic rings. The average molecular weight is 961 g/mol. The van der Waals surface area contributed by atoms with Crippen molar-refractivity contribution in [3.05, 3.63) is 12.2 Å². The third-order valence-corrected chi connectivity index (χ3v) is 13.0. The van der Waals surface area contributed by atoms with Crippen LogP contribution in [0.5, 0.6) is 0 Å². The summed E-state index contributed by atoms with van der Waals surface area (Å²) >= 11 is 0. The van der Waals surface area contributed by atoms with Crippen molar-refractivity contribution in [3.8, 4) is 0 Å². The Morgan fingerprint density at radius 1 is 0.463 bits per heavy atom. The maximum Gasteiger partial charge on any atom is 0.306 e. The number of ether oxygens (including phenoxy) is 6. The molecule has 0 spiro atoms. The first-order chi connectivity index (χ1) is 32.5. The number of unbranched alkanes of at least 4 members (excludes halogenated alkanes) is 26. The van der Waals surface area contributed by atoms with Crippen LogP contribution in [-0.4, -0.2) is 142 Å². The van der Waals surface area contributed by atoms with Gasteiger partial charge in [-0.15, -0.1) is 0 Å². The topological polar surface area (TPSA) is 231 Å². The molecule has 15 nitrogen and oxygen atoms in total. The van der Waals surface area contributed by atoms with Gasteiger partial charge < -0.3 is 64.2 Å². The van der Waals surface area contributed by atoms with Gasteiger partial charge in [0.25, 0.3) is 0 Å². The van der Waals surface area contributed by atoms with E-state index in [2.05, 4.69) is 26.0 Å². The Morgan fingerprint density at radius 3 is 1.31 bits per heavy atom. The van der Waals surface area contributed by atoms with Gasteiger partial charge in [0.1, 0.15) is 55.4 Å². The minimum absolute atomic E-state index is 0.169. The summed E-state index contributed by atoms with van der Waals surface area (Å²) in [6.45, 7) is 2.60. The summed E-state index contributed by atoms with van der Waals surface area (Å²) in [7, 11) is 0. The fourth-order valence-electron chi connectivity index (χ4n) is 8.57. The Kier molecular flexibility index (Phi) is 36.5. The fraction of sp³-hybridized carbons (Fsp3) is 0.923. The van der Waals surface area contributed by atoms with Crippen LogP contribution in [0.2, 0.25) is 0 Å². The van der Waals surface area contributed by atoms with Crippen molar-refractivity contribution in [1.82, 2.24) is 0 Å². The Balaban J connectivity index is 1.79. The molecule has 2 fully saturated rings. The number of hydrogen-bond donors (Lipinski definition) is 7. The number of aliphatic hydroxyl groups is 7. The molecule has 394 valence electrons. The number of carbonyl (C=O) groups excluding carboxylic acids is 2. The lowest BCUT2D eigenvalue weighted by atomic mass is 9.98. The number of aliphatic hydroxyl groups excluding tert-OH is 7. The second-order valence-corrected chi connectivity index (χ2v) is 19.1. The average Bonchev–Trinajstić information content (AvgIpc) is 3.32. The molecule has 2 saturated heterocycles. The van der Waals surface area contributed by atoms with Crippen molar-refractivity contribution in [1.29, 1.82) is 0 Å². The van der Waals surface area contributed by atoms with E-state index in [1.165, 1.54) is 116 Å². The normalized spacial score (nSPS) is 26.0. The van der Waals surface area contributed by atoms with E-state index in [-0.39, 0.29) is 26.1 Å². The summed E-state index contributed by atoms with van der Waals surface area (Å²) in [5.74, 6) is -0.923. The van der Waals surface area contributed by atoms with Crippen LogP contribution in [0.15, 0.2) is 12.2 Å². The summed E-state index contributed by atoms with van der Waals surface area (Å²) in [5, 5.41) is 72.1. The summed E-state index contributed by atoms with van der Waals surface area (Å²) < 4.78 is 33.6. The molecule has 4 unspecified atom stereocenters. The minimum Gasteiger partial charge on any atom is -0.462 e. The van der Waals surface area contributed by atoms with Crippen LogP contribution >= 0.6 is 0 Å². The van der Waals surface area contributed by atoms with E-state index in [0.717, 1.165) is 57.8 Å². The van der Waals surface area contributed by atoms with Gasteiger partial charge in [0, 0.05) is 12.8 Å². The van der Waals surface area contributed by atoms with Crippen molar-refractivity contribution in [2.45, 2.75) is 280 Å². The molecule has 7 N–H and O–H groups in total. The molecule has 0 aliphatic carbocycles. The molecule has 15 heteroatoms. The third-order valence-electron chi connectivity index (χ3n) is 13.0. The largest absolute Gasteiger partial charge is 0.462 e. The molecule has 0 bridgehead atoms. The summed E-state index contributed by atoms with van der Waals surface area (Å²) in [6, 6.07) is 0. The van der Waals surface area contributed by atoms with Crippen LogP contribution in [-0.2, 0) is 38.0 Å². The van der Waals surface area contributed by atoms with Gasteiger partial charge in [0.2, 0.25) is 0 Å². The Labute approximate surface area is 403 Å². The standard InChI is InChI=1S/C52H96O15/c1-3-5-7-9-11-13-15-17-19-20-21-23-25-27-29-31-33-35-44(55)65-40(37-62-43(54)34-32-30-28-26-24-22-18-16-14-12-10-8-6-4-2)38-63-51-50(61)48(59)46(57)42(67-51)39-64-52-49(60)47(58)45(56)41(36-53)66-52/h16,18,40-42,45-53,56-61H,3-15,17,19-39H2,1-2H3/b18-16+/t40-,41+,42+,45-,46-,47?,48?,49?,50?,51+,52+/m1/s1. The minimum atomic E-state index is -1.76. The lowest BCUT2D eigenvalue weighted by molar-refractivity contribution is -0.332. The van der Waals surface area contributed by atoms with Crippen LogP contribution in [0.1, 0.15) is 213 Å². The van der Waals surface area contributed by atoms with Crippen molar-refractivity contribution in [3.63, 3.8) is 0 Å². The SMILES string of the molecule is CCCCCCC/C=C/CCCCCCCC(=O)OC[C@H](CO[C@H]1O[C@@H](CO[C@H]2O[C@@H](CO)[C@@H](O)C(O)C2O)[C@@H](O)C(O)C1O)OC(=O)CCCCCCCCCCCCCCCCCCC. The third kappa shape index (κ3) is 28.0. The van der Waals surface area contributed by atoms with E-state index in [0.29, 0.717) is 12.8 Å². The highest BCUT2D eigenvalue weighted by Crippen LogP contribution is 2.27. The lowest BCUT2D eigenvalue weighted by Crippen LogP contribution is -2.61. The zero-order chi connectivity index (χ0) is 48.9. The van der Waals surface area contributed by atoms with E-state index >= 15 is 0 Å². The van der Waals surface area contributed by atoms with Crippen LogP contribution in [0.4, 0.5) is 0 Å². The molecular weight excluding hydrogens is 865 g/mol. The molecule has 67 heavy (non-hydrogen) atoms. The van der Waals surface area contributed by atoms with Crippen LogP contribution < -0.4 is 0 Å². The monoisotopic (exact) mass is 961 g/mol. The summed E-state index contributed by atoms with van der Waals surface area (Å²) in [5.41, 5.74) is 0. The maximum atomic E-state index is 13.0. The van der Waals surface area contributed by atoms with Gasteiger partial charge in [-0.3, -0.25) is 9.59 Å². The number of allylic oxidation sites excluding steroid dienone is 2. The van der Waals surface area contributed by atoms with Crippen molar-refractivity contribution in [2.24, 2.45) is 0 Å². The molecule has 2 aliphatic heterocycles. The molecule has 2 aliphatic rings. The Hall–Kier alpha value is -1.76. The first-order valence-corrected chi connectivity index (χ1v) is 26.8. The Bertz CT molecular complexity index is 1220. The second-order valence-electron chi connectivity index (χ2n) is 19.1. The van der Waals surface area contributed by atoms with Crippen LogP contribution in [0, 0.1) is 0 Å². The van der Waals surface area contributed by atoms with E-state index in [9.17, 15) is 45.3 Å². The van der Waals surface area contributed by atoms with E-state index < -0.39 is 92.7 Å². The number of carbonyl (C=O) groups is 2. The highest BCUT2D eigenvalue weighted by Gasteiger charge is 2.47. The van der Waals surface area contributed by atoms with Gasteiger partial charge in [-0.1, -0.05) is 174 Å². The van der Waals surface area contributed by atoms with E-state index in [1.54, 1.807) is 0 Å². The van der Waals surface area contributed by atoms with Gasteiger partial charge >= 0.3 is 11.9 Å². The molecule has 0 aromatic heterocycles. The number of esters is 2. The molecule has 11 atom stereocenters. The fourth-order valence-corrected chi connectivity index (χ4v) is 8.57. The Morgan fingerprint density at radius 2 is 0.851 bits per heavy atom. The predicted octanol–water partition coefficient (Wildman–Crippen LogP) is 7.77. The van der Waals surface area contributed by atoms with Gasteiger partial charge in [-0.2, -0.15) is 0 Å². The van der Waals surface area contributed by atoms with Gasteiger partial charge in [-0.25, -0.2) is 0 Å². The van der Waals surface area contributed by atoms with Crippen molar-refractivity contribution < 1.29 is 73.8 Å². The first-order valence-electron chi connectivity index (χ1n) is 26.8. The van der Waals surface area contributed by atoms with Crippen molar-refractivity contribution >= 4 is 11.9 Å². The maximum absolute atomic E-state index is 13.0. The highest BCUT2D eigenvalue weighted by atomic mass is 16.7. The van der Waals surface area contributed by atoms with Crippen LogP contribution in [0.3, 0.4) is 0 Å². The lowest BCUT2D eigenvalue weighted by Gasteiger charge is -2.42. The highest BCUT2D eigenvalue weighted by molar-refractivity contribution is 5.70. The molecule has 0 amide bonds. The van der Waals surface area contributed by atoms with Gasteiger partial charge in [0.15, 0.2) is 18.7 Å². The zero-order valence-corrected chi connectivity index (χ0v) is 41.7. The summed E-state index contributed by atoms with van der Waals surface area (Å²) in [6.07, 6.45) is 22.3. The number of hydrogen-bond acceptors (Lipinski definition) is 15. The quantitative estimate of drug-likeness (QED) is 0.0176. The number of rotatable bonds is 42. The molecule has 2 heterocycles. The molecule has 0 saturated carbocycles. The van der Waals surface area contributed by atoms with Gasteiger partial charge in [0.05, 0.1) is 19.8 Å². The smallest absolute Gasteiger partial charge is 0.306 e. The summed E-state index contributed by atoms with van der Waals surface area (Å²) in [4.78, 5) is 25.8. The second kappa shape index (κ2) is 39.9. The molecular formula is C52H96O15. The zero-order valence-electron chi connectivity index (χ0n) is 41.7. The molecule has 0 radical (unpaired) electrons. The van der Waals surface area contributed by atoms with E-state index in [1.807, 2.05) is 0 Å². The predicted molar refractivity (Wildman–Crippen MR) is 257 cm³/mol. The molecule has 2 rings (SSSR count).